The summed E-state index contributed by atoms with van der Waals surface area (Å²) >= 11 is 12.7. The Morgan fingerprint density at radius 2 is 2.23 bits per heavy atom. The number of hydrogen-bond donors (Lipinski definition) is 1. The number of aromatic nitrogens is 2. The zero-order valence-corrected chi connectivity index (χ0v) is 19.9. The van der Waals surface area contributed by atoms with E-state index in [1.165, 1.54) is 10.9 Å². The molecular formula is C23H28Cl2N2O2S. The lowest BCUT2D eigenvalue weighted by Gasteiger charge is -2.11. The molecule has 0 fully saturated rings. The van der Waals surface area contributed by atoms with Gasteiger partial charge in [-0.3, -0.25) is 9.78 Å². The molecule has 3 heterocycles. The van der Waals surface area contributed by atoms with Gasteiger partial charge in [0, 0.05) is 45.5 Å². The van der Waals surface area contributed by atoms with Gasteiger partial charge in [-0.1, -0.05) is 55.9 Å². The van der Waals surface area contributed by atoms with Gasteiger partial charge in [-0.05, 0) is 36.8 Å². The maximum absolute atomic E-state index is 11.3. The molecule has 0 bridgehead atoms. The first kappa shape index (κ1) is 24.6. The summed E-state index contributed by atoms with van der Waals surface area (Å²) < 4.78 is 2.29. The number of nitrogens with zero attached hydrogens (tertiary/aromatic N) is 2. The van der Waals surface area contributed by atoms with Gasteiger partial charge in [0.25, 0.3) is 0 Å². The number of thioether (sulfide) groups is 1. The lowest BCUT2D eigenvalue weighted by atomic mass is 9.99. The molecule has 2 aromatic heterocycles. The van der Waals surface area contributed by atoms with Gasteiger partial charge in [0.15, 0.2) is 0 Å². The van der Waals surface area contributed by atoms with Crippen molar-refractivity contribution in [3.8, 4) is 0 Å². The van der Waals surface area contributed by atoms with Crippen molar-refractivity contribution in [3.63, 3.8) is 0 Å². The molecule has 1 aliphatic rings. The van der Waals surface area contributed by atoms with Crippen molar-refractivity contribution in [2.45, 2.75) is 56.9 Å². The van der Waals surface area contributed by atoms with Crippen LogP contribution < -0.4 is 0 Å². The van der Waals surface area contributed by atoms with Crippen LogP contribution >= 0.6 is 35.0 Å². The van der Waals surface area contributed by atoms with Crippen LogP contribution in [-0.2, 0) is 11.3 Å². The summed E-state index contributed by atoms with van der Waals surface area (Å²) in [4.78, 5) is 17.0. The number of fused-ring (bicyclic) bond motifs is 3. The van der Waals surface area contributed by atoms with E-state index in [4.69, 9.17) is 23.2 Å². The van der Waals surface area contributed by atoms with Crippen molar-refractivity contribution in [1.29, 1.82) is 0 Å². The first-order valence-corrected chi connectivity index (χ1v) is 11.7. The van der Waals surface area contributed by atoms with Crippen molar-refractivity contribution in [2.75, 3.05) is 5.88 Å². The summed E-state index contributed by atoms with van der Waals surface area (Å²) in [6.07, 6.45) is 8.40. The second-order valence-corrected chi connectivity index (χ2v) is 9.00. The molecule has 1 aliphatic heterocycles. The summed E-state index contributed by atoms with van der Waals surface area (Å²) in [6.45, 7) is 10.5. The molecule has 1 unspecified atom stereocenters. The summed E-state index contributed by atoms with van der Waals surface area (Å²) in [5.41, 5.74) is 3.38. The number of hydrogen-bond acceptors (Lipinski definition) is 3. The van der Waals surface area contributed by atoms with Crippen LogP contribution in [-0.4, -0.2) is 26.5 Å². The third-order valence-corrected chi connectivity index (χ3v) is 6.06. The molecule has 0 saturated carbocycles. The van der Waals surface area contributed by atoms with E-state index in [0.717, 1.165) is 29.2 Å². The molecule has 7 heteroatoms. The molecule has 0 aromatic carbocycles. The Morgan fingerprint density at radius 1 is 1.50 bits per heavy atom. The Kier molecular flexibility index (Phi) is 9.53. The van der Waals surface area contributed by atoms with Crippen LogP contribution in [0.3, 0.4) is 0 Å². The van der Waals surface area contributed by atoms with Crippen molar-refractivity contribution >= 4 is 51.8 Å². The maximum Gasteiger partial charge on any atom is 0.304 e. The van der Waals surface area contributed by atoms with Crippen LogP contribution in [0.4, 0.5) is 0 Å². The molecule has 0 saturated heterocycles. The molecule has 0 radical (unpaired) electrons. The van der Waals surface area contributed by atoms with Gasteiger partial charge >= 0.3 is 5.97 Å². The van der Waals surface area contributed by atoms with Gasteiger partial charge in [0.1, 0.15) is 0 Å². The number of carbonyl (C=O) groups is 1. The Labute approximate surface area is 192 Å². The van der Waals surface area contributed by atoms with Crippen LogP contribution in [0.15, 0.2) is 52.4 Å². The highest BCUT2D eigenvalue weighted by atomic mass is 35.5. The molecule has 1 N–H and O–H groups in total. The molecule has 30 heavy (non-hydrogen) atoms. The van der Waals surface area contributed by atoms with Crippen LogP contribution in [0, 0.1) is 0 Å². The van der Waals surface area contributed by atoms with Gasteiger partial charge in [-0.2, -0.15) is 0 Å². The molecule has 0 aliphatic carbocycles. The Hall–Kier alpha value is -1.69. The average Bonchev–Trinajstić information content (AvgIpc) is 3.21. The number of allylic oxidation sites excluding steroid dienone is 4. The minimum atomic E-state index is -0.742. The standard InChI is InChI=1S/C18H21ClN2O2S.C5H7Cl/c1-11(2)16-15-13(4-7-20-16)21-8-5-12(10-14(22)23)17(21)18(15)24-9-3-6-19;1-3-4-5(2)6/h3-4,7,9,11-12H,5-6,8,10H2,1-2H3,(H,22,23);3-4H,2H2,1H3/b9-3+;4-3-. The topological polar surface area (TPSA) is 55.1 Å². The summed E-state index contributed by atoms with van der Waals surface area (Å²) in [7, 11) is 0. The van der Waals surface area contributed by atoms with Gasteiger partial charge in [-0.15, -0.1) is 11.6 Å². The second-order valence-electron chi connectivity index (χ2n) is 7.29. The Morgan fingerprint density at radius 3 is 2.77 bits per heavy atom. The molecular weight excluding hydrogens is 439 g/mol. The number of pyridine rings is 1. The first-order chi connectivity index (χ1) is 14.3. The Balaban J connectivity index is 0.000000469. The van der Waals surface area contributed by atoms with E-state index in [2.05, 4.69) is 30.0 Å². The SMILES string of the molecule is C=C(Cl)/C=C\C.CC(C)c1nccc2c1c(S/C=C/CCl)c1n2CCC1CC(=O)O. The normalized spacial score (nSPS) is 15.7. The quantitative estimate of drug-likeness (QED) is 0.264. The summed E-state index contributed by atoms with van der Waals surface area (Å²) in [5, 5.41) is 13.0. The lowest BCUT2D eigenvalue weighted by molar-refractivity contribution is -0.137. The van der Waals surface area contributed by atoms with E-state index in [9.17, 15) is 9.90 Å². The number of alkyl halides is 1. The highest BCUT2D eigenvalue weighted by Crippen LogP contribution is 2.46. The highest BCUT2D eigenvalue weighted by Gasteiger charge is 2.32. The number of carboxylic acids is 1. The second kappa shape index (κ2) is 11.6. The predicted molar refractivity (Wildman–Crippen MR) is 129 cm³/mol. The number of carboxylic acid groups (broad SMARTS) is 1. The van der Waals surface area contributed by atoms with Crippen LogP contribution in [0.5, 0.6) is 0 Å². The Bertz CT molecular complexity index is 964. The van der Waals surface area contributed by atoms with Crippen LogP contribution in [0.1, 0.15) is 56.8 Å². The van der Waals surface area contributed by atoms with Crippen molar-refractivity contribution < 1.29 is 9.90 Å². The molecule has 4 nitrogen and oxygen atoms in total. The van der Waals surface area contributed by atoms with Gasteiger partial charge in [0.2, 0.25) is 0 Å². The predicted octanol–water partition coefficient (Wildman–Crippen LogP) is 7.28. The maximum atomic E-state index is 11.3. The molecule has 162 valence electrons. The zero-order chi connectivity index (χ0) is 22.3. The van der Waals surface area contributed by atoms with E-state index < -0.39 is 5.97 Å². The lowest BCUT2D eigenvalue weighted by Crippen LogP contribution is -2.04. The zero-order valence-electron chi connectivity index (χ0n) is 17.6. The fraction of sp³-hybridized carbons (Fsp3) is 0.391. The van der Waals surface area contributed by atoms with E-state index in [-0.39, 0.29) is 12.3 Å². The minimum Gasteiger partial charge on any atom is -0.481 e. The van der Waals surface area contributed by atoms with Crippen molar-refractivity contribution in [3.05, 3.63) is 58.9 Å². The molecule has 1 atom stereocenters. The average molecular weight is 467 g/mol. The molecule has 0 spiro atoms. The van der Waals surface area contributed by atoms with E-state index in [1.807, 2.05) is 36.7 Å². The summed E-state index contributed by atoms with van der Waals surface area (Å²) in [5.74, 6) is 0.0931. The minimum absolute atomic E-state index is 0.0572. The molecule has 0 amide bonds. The number of halogens is 2. The van der Waals surface area contributed by atoms with Crippen molar-refractivity contribution in [1.82, 2.24) is 9.55 Å². The first-order valence-electron chi connectivity index (χ1n) is 9.89. The largest absolute Gasteiger partial charge is 0.481 e. The fourth-order valence-electron chi connectivity index (χ4n) is 3.67. The number of aliphatic carboxylic acids is 1. The molecule has 2 aromatic rings. The van der Waals surface area contributed by atoms with E-state index in [1.54, 1.807) is 17.8 Å². The smallest absolute Gasteiger partial charge is 0.304 e. The number of rotatable bonds is 7. The van der Waals surface area contributed by atoms with Crippen LogP contribution in [0.25, 0.3) is 10.9 Å². The van der Waals surface area contributed by atoms with Gasteiger partial charge in [0.05, 0.1) is 17.6 Å². The third kappa shape index (κ3) is 5.93. The van der Waals surface area contributed by atoms with Gasteiger partial charge < -0.3 is 9.67 Å². The monoisotopic (exact) mass is 466 g/mol. The third-order valence-electron chi connectivity index (χ3n) is 4.77. The highest BCUT2D eigenvalue weighted by molar-refractivity contribution is 8.02. The van der Waals surface area contributed by atoms with Crippen LogP contribution in [0.2, 0.25) is 0 Å². The summed E-state index contributed by atoms with van der Waals surface area (Å²) in [6, 6.07) is 2.04. The number of aryl methyl sites for hydroxylation is 1. The van der Waals surface area contributed by atoms with Gasteiger partial charge in [-0.25, -0.2) is 0 Å². The molecule has 3 rings (SSSR count). The fourth-order valence-corrected chi connectivity index (χ4v) is 5.05. The van der Waals surface area contributed by atoms with Crippen molar-refractivity contribution in [2.24, 2.45) is 0 Å². The van der Waals surface area contributed by atoms with E-state index >= 15 is 0 Å². The van der Waals surface area contributed by atoms with E-state index in [0.29, 0.717) is 16.8 Å².